The van der Waals surface area contributed by atoms with E-state index < -0.39 is 20.0 Å². The molecule has 2 aromatic rings. The zero-order valence-corrected chi connectivity index (χ0v) is 17.4. The molecule has 0 aliphatic carbocycles. The molecule has 6 nitrogen and oxygen atoms in total. The highest BCUT2D eigenvalue weighted by molar-refractivity contribution is 7.91. The van der Waals surface area contributed by atoms with Gasteiger partial charge in [-0.15, -0.1) is 11.3 Å². The van der Waals surface area contributed by atoms with Crippen molar-refractivity contribution in [2.45, 2.75) is 28.0 Å². The first-order valence-electron chi connectivity index (χ1n) is 7.71. The van der Waals surface area contributed by atoms with Crippen molar-refractivity contribution in [3.63, 3.8) is 0 Å². The third kappa shape index (κ3) is 4.24. The smallest absolute Gasteiger partial charge is 0.207 e. The first-order valence-corrected chi connectivity index (χ1v) is 12.3. The van der Waals surface area contributed by atoms with Crippen LogP contribution in [0, 0.1) is 0 Å². The lowest BCUT2D eigenvalue weighted by Crippen LogP contribution is -2.46. The van der Waals surface area contributed by atoms with Crippen LogP contribution in [0.5, 0.6) is 0 Å². The molecular formula is C15H16Cl2N2O4S3. The minimum atomic E-state index is -3.78. The van der Waals surface area contributed by atoms with Crippen LogP contribution >= 0.6 is 34.5 Å². The van der Waals surface area contributed by atoms with E-state index in [1.54, 1.807) is 11.4 Å². The number of rotatable bonds is 5. The van der Waals surface area contributed by atoms with Gasteiger partial charge in [0.1, 0.15) is 9.10 Å². The number of hydrogen-bond acceptors (Lipinski definition) is 5. The molecule has 2 heterocycles. The van der Waals surface area contributed by atoms with Crippen LogP contribution in [-0.2, 0) is 20.0 Å². The van der Waals surface area contributed by atoms with Crippen molar-refractivity contribution in [3.05, 3.63) is 45.8 Å². The van der Waals surface area contributed by atoms with Gasteiger partial charge in [-0.25, -0.2) is 21.6 Å². The van der Waals surface area contributed by atoms with Crippen molar-refractivity contribution in [2.24, 2.45) is 0 Å². The van der Waals surface area contributed by atoms with E-state index in [4.69, 9.17) is 23.2 Å². The molecule has 0 atom stereocenters. The Labute approximate surface area is 166 Å². The maximum atomic E-state index is 12.8. The summed E-state index contributed by atoms with van der Waals surface area (Å²) in [6, 6.07) is 7.18. The minimum Gasteiger partial charge on any atom is -0.207 e. The molecule has 1 aliphatic rings. The van der Waals surface area contributed by atoms with Crippen molar-refractivity contribution in [1.82, 2.24) is 9.03 Å². The van der Waals surface area contributed by atoms with E-state index in [-0.39, 0.29) is 38.3 Å². The predicted octanol–water partition coefficient (Wildman–Crippen LogP) is 3.19. The van der Waals surface area contributed by atoms with Gasteiger partial charge in [-0.1, -0.05) is 29.3 Å². The van der Waals surface area contributed by atoms with Crippen molar-refractivity contribution in [2.75, 3.05) is 13.1 Å². The summed E-state index contributed by atoms with van der Waals surface area (Å²) >= 11 is 13.0. The van der Waals surface area contributed by atoms with Gasteiger partial charge in [-0.2, -0.15) is 4.31 Å². The summed E-state index contributed by atoms with van der Waals surface area (Å²) in [6.07, 6.45) is 0.754. The number of piperidine rings is 1. The van der Waals surface area contributed by atoms with Gasteiger partial charge >= 0.3 is 0 Å². The molecule has 0 saturated carbocycles. The Kier molecular flexibility index (Phi) is 5.98. The molecule has 1 N–H and O–H groups in total. The molecule has 1 aliphatic heterocycles. The molecule has 26 heavy (non-hydrogen) atoms. The Hall–Kier alpha value is -0.680. The summed E-state index contributed by atoms with van der Waals surface area (Å²) in [4.78, 5) is -0.0377. The highest BCUT2D eigenvalue weighted by atomic mass is 35.5. The second kappa shape index (κ2) is 7.75. The van der Waals surface area contributed by atoms with Crippen molar-refractivity contribution >= 4 is 54.6 Å². The van der Waals surface area contributed by atoms with E-state index in [2.05, 4.69) is 4.72 Å². The second-order valence-corrected chi connectivity index (χ2v) is 11.4. The quantitative estimate of drug-likeness (QED) is 0.751. The topological polar surface area (TPSA) is 83.6 Å². The van der Waals surface area contributed by atoms with Crippen LogP contribution in [0.25, 0.3) is 0 Å². The predicted molar refractivity (Wildman–Crippen MR) is 103 cm³/mol. The molecule has 142 valence electrons. The Morgan fingerprint density at radius 2 is 1.77 bits per heavy atom. The maximum Gasteiger partial charge on any atom is 0.250 e. The fourth-order valence-electron chi connectivity index (χ4n) is 2.72. The molecule has 0 unspecified atom stereocenters. The molecular weight excluding hydrogens is 439 g/mol. The number of hydrogen-bond donors (Lipinski definition) is 1. The largest absolute Gasteiger partial charge is 0.250 e. The highest BCUT2D eigenvalue weighted by Crippen LogP contribution is 2.29. The Bertz CT molecular complexity index is 984. The SMILES string of the molecule is O=S(=O)(NC1CCN(S(=O)(=O)c2cc(Cl)ccc2Cl)CC1)c1cccs1. The maximum absolute atomic E-state index is 12.8. The molecule has 1 saturated heterocycles. The summed E-state index contributed by atoms with van der Waals surface area (Å²) in [5.74, 6) is 0. The lowest BCUT2D eigenvalue weighted by molar-refractivity contribution is 0.308. The molecule has 11 heteroatoms. The van der Waals surface area contributed by atoms with E-state index in [9.17, 15) is 16.8 Å². The molecule has 1 aromatic heterocycles. The Balaban J connectivity index is 1.69. The zero-order valence-electron chi connectivity index (χ0n) is 13.4. The van der Waals surface area contributed by atoms with Gasteiger partial charge in [0, 0.05) is 24.2 Å². The molecule has 0 bridgehead atoms. The van der Waals surface area contributed by atoms with Crippen molar-refractivity contribution < 1.29 is 16.8 Å². The van der Waals surface area contributed by atoms with Crippen LogP contribution in [0.2, 0.25) is 10.0 Å². The average molecular weight is 455 g/mol. The number of nitrogens with zero attached hydrogens (tertiary/aromatic N) is 1. The van der Waals surface area contributed by atoms with E-state index in [0.29, 0.717) is 12.8 Å². The van der Waals surface area contributed by atoms with E-state index in [1.807, 2.05) is 0 Å². The van der Waals surface area contributed by atoms with Crippen LogP contribution in [-0.4, -0.2) is 40.3 Å². The molecule has 1 fully saturated rings. The van der Waals surface area contributed by atoms with Crippen molar-refractivity contribution in [1.29, 1.82) is 0 Å². The van der Waals surface area contributed by atoms with Crippen LogP contribution in [0.3, 0.4) is 0 Å². The second-order valence-electron chi connectivity index (χ2n) is 5.81. The number of nitrogens with one attached hydrogen (secondary N) is 1. The summed E-state index contributed by atoms with van der Waals surface area (Å²) in [5, 5.41) is 2.08. The fourth-order valence-corrected chi connectivity index (χ4v) is 7.24. The number of halogens is 2. The van der Waals surface area contributed by atoms with E-state index in [1.165, 1.54) is 28.6 Å². The monoisotopic (exact) mass is 454 g/mol. The third-order valence-corrected chi connectivity index (χ3v) is 9.58. The minimum absolute atomic E-state index is 0.0377. The molecule has 0 spiro atoms. The van der Waals surface area contributed by atoms with E-state index >= 15 is 0 Å². The zero-order chi connectivity index (χ0) is 18.9. The van der Waals surface area contributed by atoms with Gasteiger partial charge in [0.25, 0.3) is 0 Å². The summed E-state index contributed by atoms with van der Waals surface area (Å²) in [6.45, 7) is 0.394. The fraction of sp³-hybridized carbons (Fsp3) is 0.333. The summed E-state index contributed by atoms with van der Waals surface area (Å²) in [7, 11) is -7.36. The molecule has 0 radical (unpaired) electrons. The average Bonchev–Trinajstić information content (AvgIpc) is 3.13. The van der Waals surface area contributed by atoms with Gasteiger partial charge in [-0.05, 0) is 42.5 Å². The van der Waals surface area contributed by atoms with Gasteiger partial charge in [0.2, 0.25) is 20.0 Å². The molecule has 1 aromatic carbocycles. The van der Waals surface area contributed by atoms with Gasteiger partial charge in [0.05, 0.1) is 5.02 Å². The molecule has 3 rings (SSSR count). The van der Waals surface area contributed by atoms with Gasteiger partial charge < -0.3 is 0 Å². The van der Waals surface area contributed by atoms with Crippen molar-refractivity contribution in [3.8, 4) is 0 Å². The van der Waals surface area contributed by atoms with E-state index in [0.717, 1.165) is 11.3 Å². The third-order valence-electron chi connectivity index (χ3n) is 4.05. The highest BCUT2D eigenvalue weighted by Gasteiger charge is 2.32. The van der Waals surface area contributed by atoms with Crippen LogP contribution in [0.15, 0.2) is 44.8 Å². The first-order chi connectivity index (χ1) is 12.2. The number of sulfonamides is 2. The summed E-state index contributed by atoms with van der Waals surface area (Å²) in [5.41, 5.74) is 0. The van der Waals surface area contributed by atoms with Gasteiger partial charge in [0.15, 0.2) is 0 Å². The molecule has 0 amide bonds. The lowest BCUT2D eigenvalue weighted by Gasteiger charge is -2.31. The number of thiophene rings is 1. The van der Waals surface area contributed by atoms with Crippen LogP contribution < -0.4 is 4.72 Å². The van der Waals surface area contributed by atoms with Crippen LogP contribution in [0.4, 0.5) is 0 Å². The normalized spacial score (nSPS) is 17.5. The summed E-state index contributed by atoms with van der Waals surface area (Å²) < 4.78 is 54.3. The standard InChI is InChI=1S/C15H16Cl2N2O4S3/c16-11-3-4-13(17)14(10-11)26(22,23)19-7-5-12(6-8-19)18-25(20,21)15-2-1-9-24-15/h1-4,9-10,12,18H,5-8H2. The van der Waals surface area contributed by atoms with Crippen LogP contribution in [0.1, 0.15) is 12.8 Å². The van der Waals surface area contributed by atoms with Gasteiger partial charge in [-0.3, -0.25) is 0 Å². The number of benzene rings is 1. The Morgan fingerprint density at radius 1 is 1.08 bits per heavy atom. The Morgan fingerprint density at radius 3 is 2.38 bits per heavy atom. The first kappa shape index (κ1) is 20.1. The lowest BCUT2D eigenvalue weighted by atomic mass is 10.1.